The summed E-state index contributed by atoms with van der Waals surface area (Å²) >= 11 is 0. The average molecular weight is 216 g/mol. The van der Waals surface area contributed by atoms with Crippen molar-refractivity contribution in [1.29, 1.82) is 0 Å². The lowest BCUT2D eigenvalue weighted by molar-refractivity contribution is 0.0673. The number of unbranched alkanes of at least 4 members (excludes halogenated alkanes) is 4. The Morgan fingerprint density at radius 3 is 2.60 bits per heavy atom. The van der Waals surface area contributed by atoms with Crippen LogP contribution >= 0.6 is 0 Å². The van der Waals surface area contributed by atoms with Crippen LogP contribution in [0.25, 0.3) is 0 Å². The Morgan fingerprint density at radius 2 is 2.00 bits per heavy atom. The smallest absolute Gasteiger partial charge is 0.141 e. The Labute approximate surface area is 92.5 Å². The van der Waals surface area contributed by atoms with Gasteiger partial charge in [-0.1, -0.05) is 37.8 Å². The zero-order valence-corrected chi connectivity index (χ0v) is 9.91. The van der Waals surface area contributed by atoms with Crippen LogP contribution in [0.5, 0.6) is 0 Å². The van der Waals surface area contributed by atoms with Gasteiger partial charge in [0.15, 0.2) is 0 Å². The number of hydrogen-bond acceptors (Lipinski definition) is 3. The van der Waals surface area contributed by atoms with E-state index in [1.165, 1.54) is 25.7 Å². The van der Waals surface area contributed by atoms with E-state index in [0.717, 1.165) is 13.0 Å². The second-order valence-electron chi connectivity index (χ2n) is 3.89. The zero-order chi connectivity index (χ0) is 11.5. The lowest BCUT2D eigenvalue weighted by atomic mass is 10.2. The maximum absolute atomic E-state index is 8.36. The third-order valence-electron chi connectivity index (χ3n) is 2.28. The van der Waals surface area contributed by atoms with E-state index in [0.29, 0.717) is 6.42 Å². The van der Waals surface area contributed by atoms with E-state index >= 15 is 0 Å². The summed E-state index contributed by atoms with van der Waals surface area (Å²) in [6.07, 6.45) is 6.71. The quantitative estimate of drug-likeness (QED) is 0.204. The molecule has 0 aliphatic carbocycles. The van der Waals surface area contributed by atoms with Crippen LogP contribution in [0.3, 0.4) is 0 Å². The van der Waals surface area contributed by atoms with Gasteiger partial charge in [-0.3, -0.25) is 0 Å². The van der Waals surface area contributed by atoms with Crippen molar-refractivity contribution in [2.24, 2.45) is 10.9 Å². The molecule has 4 nitrogen and oxygen atoms in total. The Bertz CT molecular complexity index is 172. The molecule has 0 fully saturated rings. The molecule has 4 heteroatoms. The van der Waals surface area contributed by atoms with Crippen molar-refractivity contribution in [3.05, 3.63) is 0 Å². The molecule has 0 radical (unpaired) electrons. The van der Waals surface area contributed by atoms with Crippen molar-refractivity contribution in [3.63, 3.8) is 0 Å². The zero-order valence-electron chi connectivity index (χ0n) is 9.91. The summed E-state index contributed by atoms with van der Waals surface area (Å²) in [5.41, 5.74) is 5.36. The van der Waals surface area contributed by atoms with E-state index in [4.69, 9.17) is 15.7 Å². The van der Waals surface area contributed by atoms with Crippen LogP contribution in [0.2, 0.25) is 0 Å². The van der Waals surface area contributed by atoms with Gasteiger partial charge in [0.05, 0.1) is 6.10 Å². The minimum Gasteiger partial charge on any atom is -0.409 e. The van der Waals surface area contributed by atoms with E-state index in [2.05, 4.69) is 12.1 Å². The summed E-state index contributed by atoms with van der Waals surface area (Å²) in [6.45, 7) is 4.91. The number of nitrogens with two attached hydrogens (primary N) is 1. The van der Waals surface area contributed by atoms with Crippen molar-refractivity contribution in [3.8, 4) is 0 Å². The highest BCUT2D eigenvalue weighted by atomic mass is 16.5. The highest BCUT2D eigenvalue weighted by molar-refractivity contribution is 5.79. The van der Waals surface area contributed by atoms with E-state index in [-0.39, 0.29) is 11.9 Å². The van der Waals surface area contributed by atoms with Crippen molar-refractivity contribution >= 4 is 5.84 Å². The molecule has 0 spiro atoms. The number of oxime groups is 1. The van der Waals surface area contributed by atoms with Crippen molar-refractivity contribution < 1.29 is 9.94 Å². The Hall–Kier alpha value is -0.770. The van der Waals surface area contributed by atoms with Gasteiger partial charge in [0.2, 0.25) is 0 Å². The molecular weight excluding hydrogens is 192 g/mol. The van der Waals surface area contributed by atoms with Crippen molar-refractivity contribution in [1.82, 2.24) is 0 Å². The summed E-state index contributed by atoms with van der Waals surface area (Å²) < 4.78 is 5.52. The predicted octanol–water partition coefficient (Wildman–Crippen LogP) is 2.50. The van der Waals surface area contributed by atoms with Gasteiger partial charge in [0.1, 0.15) is 5.84 Å². The minimum absolute atomic E-state index is 0.0343. The van der Waals surface area contributed by atoms with Gasteiger partial charge in [-0.15, -0.1) is 0 Å². The minimum atomic E-state index is 0.0343. The normalized spacial score (nSPS) is 14.1. The first-order valence-corrected chi connectivity index (χ1v) is 5.78. The monoisotopic (exact) mass is 216 g/mol. The van der Waals surface area contributed by atoms with E-state index < -0.39 is 0 Å². The van der Waals surface area contributed by atoms with Gasteiger partial charge in [-0.25, -0.2) is 0 Å². The maximum atomic E-state index is 8.36. The molecule has 0 aromatic carbocycles. The third-order valence-corrected chi connectivity index (χ3v) is 2.28. The van der Waals surface area contributed by atoms with E-state index in [1.807, 2.05) is 6.92 Å². The van der Waals surface area contributed by atoms with E-state index in [1.54, 1.807) is 0 Å². The molecule has 0 amide bonds. The van der Waals surface area contributed by atoms with Crippen LogP contribution in [0.15, 0.2) is 5.16 Å². The first kappa shape index (κ1) is 14.2. The Balaban J connectivity index is 3.27. The van der Waals surface area contributed by atoms with Crippen LogP contribution in [0, 0.1) is 0 Å². The molecule has 0 rings (SSSR count). The highest BCUT2D eigenvalue weighted by Gasteiger charge is 2.04. The predicted molar refractivity (Wildman–Crippen MR) is 62.2 cm³/mol. The molecule has 0 saturated heterocycles. The summed E-state index contributed by atoms with van der Waals surface area (Å²) in [4.78, 5) is 0. The average Bonchev–Trinajstić information content (AvgIpc) is 2.23. The standard InChI is InChI=1S/C11H24N2O2/c1-3-4-5-6-7-8-15-10(2)9-11(12)13-14/h10,14H,3-9H2,1-2H3,(H2,12,13). The van der Waals surface area contributed by atoms with Gasteiger partial charge >= 0.3 is 0 Å². The molecule has 0 aliphatic heterocycles. The van der Waals surface area contributed by atoms with Crippen LogP contribution in [0.1, 0.15) is 52.4 Å². The SMILES string of the molecule is CCCCCCCOC(C)CC(N)=NO. The molecule has 0 heterocycles. The lowest BCUT2D eigenvalue weighted by Crippen LogP contribution is -2.21. The van der Waals surface area contributed by atoms with Gasteiger partial charge in [0, 0.05) is 13.0 Å². The number of amidine groups is 1. The second kappa shape index (κ2) is 9.77. The maximum Gasteiger partial charge on any atom is 0.141 e. The summed E-state index contributed by atoms with van der Waals surface area (Å²) in [7, 11) is 0. The summed E-state index contributed by atoms with van der Waals surface area (Å²) in [5.74, 6) is 0.230. The molecule has 0 saturated carbocycles. The second-order valence-corrected chi connectivity index (χ2v) is 3.89. The third kappa shape index (κ3) is 9.53. The molecule has 15 heavy (non-hydrogen) atoms. The molecule has 90 valence electrons. The molecule has 3 N–H and O–H groups in total. The molecule has 0 aliphatic rings. The van der Waals surface area contributed by atoms with Crippen molar-refractivity contribution in [2.45, 2.75) is 58.5 Å². The fraction of sp³-hybridized carbons (Fsp3) is 0.909. The molecule has 1 atom stereocenters. The molecule has 0 bridgehead atoms. The Morgan fingerprint density at radius 1 is 1.33 bits per heavy atom. The number of hydrogen-bond donors (Lipinski definition) is 2. The van der Waals surface area contributed by atoms with Gasteiger partial charge < -0.3 is 15.7 Å². The number of rotatable bonds is 9. The van der Waals surface area contributed by atoms with Crippen LogP contribution in [0.4, 0.5) is 0 Å². The van der Waals surface area contributed by atoms with Crippen LogP contribution in [-0.4, -0.2) is 23.8 Å². The largest absolute Gasteiger partial charge is 0.409 e. The summed E-state index contributed by atoms with van der Waals surface area (Å²) in [6, 6.07) is 0. The molecule has 0 aromatic heterocycles. The molecule has 0 aromatic rings. The van der Waals surface area contributed by atoms with Gasteiger partial charge in [-0.05, 0) is 13.3 Å². The number of nitrogens with zero attached hydrogens (tertiary/aromatic N) is 1. The van der Waals surface area contributed by atoms with Crippen molar-refractivity contribution in [2.75, 3.05) is 6.61 Å². The van der Waals surface area contributed by atoms with Crippen LogP contribution in [-0.2, 0) is 4.74 Å². The topological polar surface area (TPSA) is 67.8 Å². The molecular formula is C11H24N2O2. The first-order valence-electron chi connectivity index (χ1n) is 5.78. The molecule has 1 unspecified atom stereocenters. The van der Waals surface area contributed by atoms with E-state index in [9.17, 15) is 0 Å². The van der Waals surface area contributed by atoms with Gasteiger partial charge in [-0.2, -0.15) is 0 Å². The first-order chi connectivity index (χ1) is 7.20. The fourth-order valence-electron chi connectivity index (χ4n) is 1.38. The fourth-order valence-corrected chi connectivity index (χ4v) is 1.38. The Kier molecular flexibility index (Phi) is 9.27. The number of ether oxygens (including phenoxy) is 1. The van der Waals surface area contributed by atoms with Gasteiger partial charge in [0.25, 0.3) is 0 Å². The lowest BCUT2D eigenvalue weighted by Gasteiger charge is -2.11. The summed E-state index contributed by atoms with van der Waals surface area (Å²) in [5, 5.41) is 11.3. The highest BCUT2D eigenvalue weighted by Crippen LogP contribution is 2.04. The van der Waals surface area contributed by atoms with Crippen LogP contribution < -0.4 is 5.73 Å².